The fourth-order valence-electron chi connectivity index (χ4n) is 9.01. The Morgan fingerprint density at radius 2 is 0.897 bits per heavy atom. The fraction of sp³-hybridized carbons (Fsp3) is 0.0185. The van der Waals surface area contributed by atoms with E-state index in [9.17, 15) is 5.26 Å². The smallest absolute Gasteiger partial charge is 0.160 e. The normalized spacial score (nSPS) is 12.9. The first-order valence-electron chi connectivity index (χ1n) is 19.5. The van der Waals surface area contributed by atoms with Crippen LogP contribution in [0, 0.1) is 11.3 Å². The maximum atomic E-state index is 10.1. The minimum atomic E-state index is -0.624. The van der Waals surface area contributed by atoms with Gasteiger partial charge in [-0.05, 0) is 98.1 Å². The number of benzene rings is 8. The highest BCUT2D eigenvalue weighted by atomic mass is 32.2. The minimum Gasteiger partial charge on any atom is -0.228 e. The lowest BCUT2D eigenvalue weighted by molar-refractivity contribution is 0.723. The zero-order chi connectivity index (χ0) is 38.6. The van der Waals surface area contributed by atoms with Gasteiger partial charge in [-0.3, -0.25) is 0 Å². The first kappa shape index (κ1) is 34.0. The van der Waals surface area contributed by atoms with Crippen molar-refractivity contribution in [2.75, 3.05) is 0 Å². The lowest BCUT2D eigenvalue weighted by atomic mass is 9.66. The maximum absolute atomic E-state index is 10.1. The summed E-state index contributed by atoms with van der Waals surface area (Å²) in [6.07, 6.45) is 0. The van der Waals surface area contributed by atoms with Gasteiger partial charge in [0.25, 0.3) is 0 Å². The van der Waals surface area contributed by atoms with Crippen LogP contribution < -0.4 is 0 Å². The van der Waals surface area contributed by atoms with Gasteiger partial charge in [0.15, 0.2) is 5.82 Å². The second kappa shape index (κ2) is 13.7. The number of hydrogen-bond acceptors (Lipinski definition) is 4. The van der Waals surface area contributed by atoms with Gasteiger partial charge in [-0.2, -0.15) is 5.26 Å². The molecule has 9 aromatic rings. The quantitative estimate of drug-likeness (QED) is 0.175. The molecule has 1 aliphatic carbocycles. The Bertz CT molecular complexity index is 3060. The van der Waals surface area contributed by atoms with Gasteiger partial charge in [-0.25, -0.2) is 9.97 Å². The highest BCUT2D eigenvalue weighted by Crippen LogP contribution is 2.62. The monoisotopic (exact) mass is 755 g/mol. The topological polar surface area (TPSA) is 49.6 Å². The van der Waals surface area contributed by atoms with E-state index in [1.807, 2.05) is 30.3 Å². The lowest BCUT2D eigenvalue weighted by Gasteiger charge is -2.40. The van der Waals surface area contributed by atoms with Gasteiger partial charge in [0.2, 0.25) is 0 Å². The van der Waals surface area contributed by atoms with E-state index in [2.05, 4.69) is 176 Å². The molecular formula is C54H33N3S. The molecule has 0 atom stereocenters. The second-order valence-electron chi connectivity index (χ2n) is 14.8. The Morgan fingerprint density at radius 1 is 0.379 bits per heavy atom. The van der Waals surface area contributed by atoms with E-state index >= 15 is 0 Å². The van der Waals surface area contributed by atoms with Gasteiger partial charge in [-0.15, -0.1) is 0 Å². The van der Waals surface area contributed by atoms with Crippen LogP contribution in [0.15, 0.2) is 210 Å². The molecule has 2 heterocycles. The van der Waals surface area contributed by atoms with E-state index < -0.39 is 5.41 Å². The van der Waals surface area contributed by atoms with Crippen LogP contribution in [-0.4, -0.2) is 9.97 Å². The molecule has 0 saturated carbocycles. The first-order valence-corrected chi connectivity index (χ1v) is 20.3. The maximum Gasteiger partial charge on any atom is 0.160 e. The molecule has 3 nitrogen and oxygen atoms in total. The van der Waals surface area contributed by atoms with Crippen molar-refractivity contribution >= 4 is 11.8 Å². The SMILES string of the molecule is N#Cc1ccccc1-c1ccc2c(c1)C1(c3cc(-c4nc(-c5ccccc5)cc(-c5cccc(-c6ccccc6)c5)n4)ccc3S2)c2ccccc2-c2ccccc21. The molecule has 0 amide bonds. The number of aromatic nitrogens is 2. The van der Waals surface area contributed by atoms with E-state index in [4.69, 9.17) is 9.97 Å². The molecule has 1 spiro atoms. The van der Waals surface area contributed by atoms with Crippen LogP contribution in [0.3, 0.4) is 0 Å². The molecule has 0 radical (unpaired) electrons. The van der Waals surface area contributed by atoms with Gasteiger partial charge in [0.1, 0.15) is 0 Å². The zero-order valence-electron chi connectivity index (χ0n) is 31.3. The van der Waals surface area contributed by atoms with E-state index in [-0.39, 0.29) is 0 Å². The number of nitriles is 1. The highest BCUT2D eigenvalue weighted by molar-refractivity contribution is 7.99. The third-order valence-corrected chi connectivity index (χ3v) is 12.8. The van der Waals surface area contributed by atoms with Crippen LogP contribution in [0.2, 0.25) is 0 Å². The summed E-state index contributed by atoms with van der Waals surface area (Å²) in [5.41, 5.74) is 16.4. The van der Waals surface area contributed by atoms with E-state index in [1.54, 1.807) is 11.8 Å². The molecule has 8 aromatic carbocycles. The molecular weight excluding hydrogens is 723 g/mol. The van der Waals surface area contributed by atoms with Gasteiger partial charge in [0, 0.05) is 26.5 Å². The predicted molar refractivity (Wildman–Crippen MR) is 235 cm³/mol. The molecule has 11 rings (SSSR count). The van der Waals surface area contributed by atoms with Crippen molar-refractivity contribution in [3.8, 4) is 73.4 Å². The molecule has 0 N–H and O–H groups in total. The number of fused-ring (bicyclic) bond motifs is 9. The van der Waals surface area contributed by atoms with Crippen LogP contribution in [-0.2, 0) is 5.41 Å². The number of hydrogen-bond donors (Lipinski definition) is 0. The minimum absolute atomic E-state index is 0.624. The second-order valence-corrected chi connectivity index (χ2v) is 15.9. The average Bonchev–Trinajstić information content (AvgIpc) is 3.60. The van der Waals surface area contributed by atoms with Crippen molar-refractivity contribution in [1.82, 2.24) is 9.97 Å². The Hall–Kier alpha value is -7.32. The number of rotatable bonds is 5. The van der Waals surface area contributed by atoms with E-state index in [1.165, 1.54) is 43.2 Å². The van der Waals surface area contributed by atoms with Gasteiger partial charge >= 0.3 is 0 Å². The molecule has 270 valence electrons. The zero-order valence-corrected chi connectivity index (χ0v) is 32.1. The molecule has 1 aliphatic heterocycles. The van der Waals surface area contributed by atoms with Crippen molar-refractivity contribution in [3.63, 3.8) is 0 Å². The summed E-state index contributed by atoms with van der Waals surface area (Å²) in [5, 5.41) is 10.1. The molecule has 0 saturated heterocycles. The van der Waals surface area contributed by atoms with Crippen LogP contribution in [0.25, 0.3) is 67.3 Å². The molecule has 1 aromatic heterocycles. The third-order valence-electron chi connectivity index (χ3n) is 11.6. The molecule has 58 heavy (non-hydrogen) atoms. The summed E-state index contributed by atoms with van der Waals surface area (Å²) in [7, 11) is 0. The van der Waals surface area contributed by atoms with Gasteiger partial charge in [0.05, 0.1) is 28.4 Å². The summed E-state index contributed by atoms with van der Waals surface area (Å²) in [6.45, 7) is 0. The van der Waals surface area contributed by atoms with Crippen molar-refractivity contribution in [2.45, 2.75) is 15.2 Å². The molecule has 2 aliphatic rings. The van der Waals surface area contributed by atoms with Crippen LogP contribution in [0.1, 0.15) is 27.8 Å². The fourth-order valence-corrected chi connectivity index (χ4v) is 10.2. The Labute approximate surface area is 342 Å². The molecule has 0 bridgehead atoms. The largest absolute Gasteiger partial charge is 0.228 e. The first-order chi connectivity index (χ1) is 28.7. The average molecular weight is 756 g/mol. The van der Waals surface area contributed by atoms with Gasteiger partial charge < -0.3 is 0 Å². The Balaban J connectivity index is 1.16. The van der Waals surface area contributed by atoms with Crippen molar-refractivity contribution in [1.29, 1.82) is 5.26 Å². The van der Waals surface area contributed by atoms with E-state index in [0.717, 1.165) is 50.3 Å². The summed E-state index contributed by atoms with van der Waals surface area (Å²) in [5.74, 6) is 0.673. The predicted octanol–water partition coefficient (Wildman–Crippen LogP) is 13.5. The van der Waals surface area contributed by atoms with Crippen LogP contribution in [0.5, 0.6) is 0 Å². The molecule has 0 fully saturated rings. The van der Waals surface area contributed by atoms with E-state index in [0.29, 0.717) is 11.4 Å². The number of nitrogens with zero attached hydrogens (tertiary/aromatic N) is 3. The highest BCUT2D eigenvalue weighted by Gasteiger charge is 2.50. The molecule has 4 heteroatoms. The summed E-state index contributed by atoms with van der Waals surface area (Å²) in [4.78, 5) is 13.1. The summed E-state index contributed by atoms with van der Waals surface area (Å²) >= 11 is 1.80. The third kappa shape index (κ3) is 5.36. The Kier molecular flexibility index (Phi) is 8.03. The van der Waals surface area contributed by atoms with Gasteiger partial charge in [-0.1, -0.05) is 169 Å². The van der Waals surface area contributed by atoms with Crippen LogP contribution >= 0.6 is 11.8 Å². The van der Waals surface area contributed by atoms with Crippen LogP contribution in [0.4, 0.5) is 0 Å². The van der Waals surface area contributed by atoms with Crippen molar-refractivity contribution in [3.05, 3.63) is 228 Å². The Morgan fingerprint density at radius 3 is 1.57 bits per heavy atom. The van der Waals surface area contributed by atoms with Crippen molar-refractivity contribution < 1.29 is 0 Å². The summed E-state index contributed by atoms with van der Waals surface area (Å²) in [6, 6.07) is 73.1. The summed E-state index contributed by atoms with van der Waals surface area (Å²) < 4.78 is 0. The lowest BCUT2D eigenvalue weighted by Crippen LogP contribution is -2.32. The molecule has 0 unspecified atom stereocenters. The van der Waals surface area contributed by atoms with Crippen molar-refractivity contribution in [2.24, 2.45) is 0 Å². The standard InChI is InChI=1S/C54H33N3S/c55-34-41-18-7-8-21-42(41)38-26-28-51-47(31-38)54(45-24-11-9-22-43(45)44-23-10-12-25-46(44)54)48-32-40(27-29-52(48)58-51)53-56-49(36-16-5-2-6-17-36)33-50(57-53)39-20-13-19-37(30-39)35-14-3-1-4-15-35/h1-33H.